The molecule has 1 aromatic rings. The lowest BCUT2D eigenvalue weighted by Gasteiger charge is -2.29. The van der Waals surface area contributed by atoms with Crippen LogP contribution in [0.4, 0.5) is 0 Å². The van der Waals surface area contributed by atoms with Crippen LogP contribution in [0.1, 0.15) is 245 Å². The molecule has 0 radical (unpaired) electrons. The van der Waals surface area contributed by atoms with Crippen molar-refractivity contribution in [3.05, 3.63) is 35.9 Å². The normalized spacial score (nSPS) is 11.5. The smallest absolute Gasteiger partial charge is 0.310 e. The molecule has 0 heterocycles. The van der Waals surface area contributed by atoms with Gasteiger partial charge in [0.15, 0.2) is 0 Å². The molecule has 2 N–H and O–H groups in total. The number of ether oxygens (including phenoxy) is 1. The van der Waals surface area contributed by atoms with Gasteiger partial charge in [0.25, 0.3) is 0 Å². The molecule has 0 spiro atoms. The first-order valence-electron chi connectivity index (χ1n) is 24.2. The number of amides is 2. The number of hydrogen-bond donors (Lipinski definition) is 2. The Labute approximate surface area is 346 Å². The Morgan fingerprint density at radius 3 is 1.04 bits per heavy atom. The third-order valence-electron chi connectivity index (χ3n) is 11.3. The quantitative estimate of drug-likeness (QED) is 0.0512. The van der Waals surface area contributed by atoms with Crippen LogP contribution in [0.5, 0.6) is 0 Å². The van der Waals surface area contributed by atoms with Crippen LogP contribution < -0.4 is 10.6 Å². The average molecular weight is 783 g/mol. The van der Waals surface area contributed by atoms with E-state index < -0.39 is 11.6 Å². The maximum absolute atomic E-state index is 13.0. The minimum absolute atomic E-state index is 0.0289. The standard InChI is InChI=1S/C50H90N2O4/c1-4-6-8-10-12-14-16-18-20-22-24-26-28-30-32-37-41-51-47(53)44-50(3,56-49(55)43-46-39-35-34-36-40-46)45-48(54)52-42-38-33-31-29-27-25-23-21-19-17-15-13-11-9-7-5-2/h34-36,39-40H,4-33,37-38,41-45H2,1-3H3,(H,51,53)(H,52,54). The molecule has 6 nitrogen and oxygen atoms in total. The monoisotopic (exact) mass is 783 g/mol. The van der Waals surface area contributed by atoms with E-state index in [1.54, 1.807) is 6.92 Å². The number of rotatable bonds is 41. The first-order chi connectivity index (χ1) is 27.4. The third-order valence-corrected chi connectivity index (χ3v) is 11.3. The molecule has 0 atom stereocenters. The summed E-state index contributed by atoms with van der Waals surface area (Å²) in [5.41, 5.74) is -0.357. The molecule has 2 amide bonds. The van der Waals surface area contributed by atoms with Crippen molar-refractivity contribution in [2.45, 2.75) is 251 Å². The van der Waals surface area contributed by atoms with Crippen LogP contribution in [0.25, 0.3) is 0 Å². The van der Waals surface area contributed by atoms with E-state index in [-0.39, 0.29) is 31.1 Å². The van der Waals surface area contributed by atoms with Gasteiger partial charge in [-0.2, -0.15) is 0 Å². The molecule has 0 bridgehead atoms. The molecule has 0 aliphatic heterocycles. The molecule has 324 valence electrons. The van der Waals surface area contributed by atoms with Gasteiger partial charge in [0.2, 0.25) is 11.8 Å². The molecule has 6 heteroatoms. The van der Waals surface area contributed by atoms with Crippen LogP contribution in [0, 0.1) is 0 Å². The van der Waals surface area contributed by atoms with Crippen molar-refractivity contribution in [1.82, 2.24) is 10.6 Å². The number of esters is 1. The van der Waals surface area contributed by atoms with Crippen LogP contribution in [0.2, 0.25) is 0 Å². The van der Waals surface area contributed by atoms with Gasteiger partial charge in [0.05, 0.1) is 19.3 Å². The van der Waals surface area contributed by atoms with Crippen molar-refractivity contribution >= 4 is 17.8 Å². The lowest BCUT2D eigenvalue weighted by atomic mass is 9.96. The number of carbonyl (C=O) groups is 3. The van der Waals surface area contributed by atoms with E-state index in [0.717, 1.165) is 31.2 Å². The highest BCUT2D eigenvalue weighted by Gasteiger charge is 2.34. The van der Waals surface area contributed by atoms with Gasteiger partial charge in [-0.3, -0.25) is 14.4 Å². The molecule has 0 fully saturated rings. The number of unbranched alkanes of at least 4 members (excludes halogenated alkanes) is 30. The molecule has 0 aliphatic rings. The zero-order valence-corrected chi connectivity index (χ0v) is 37.2. The van der Waals surface area contributed by atoms with Crippen molar-refractivity contribution in [2.75, 3.05) is 13.1 Å². The van der Waals surface area contributed by atoms with Crippen molar-refractivity contribution in [2.24, 2.45) is 0 Å². The van der Waals surface area contributed by atoms with Gasteiger partial charge in [-0.15, -0.1) is 0 Å². The molecule has 0 saturated carbocycles. The summed E-state index contributed by atoms with van der Waals surface area (Å²) in [5.74, 6) is -0.770. The van der Waals surface area contributed by atoms with Crippen LogP contribution in [-0.2, 0) is 25.5 Å². The fourth-order valence-electron chi connectivity index (χ4n) is 7.81. The van der Waals surface area contributed by atoms with Crippen molar-refractivity contribution in [1.29, 1.82) is 0 Å². The summed E-state index contributed by atoms with van der Waals surface area (Å²) in [5, 5.41) is 6.05. The Morgan fingerprint density at radius 1 is 0.446 bits per heavy atom. The molecule has 1 rings (SSSR count). The first-order valence-corrected chi connectivity index (χ1v) is 24.2. The van der Waals surface area contributed by atoms with Crippen molar-refractivity contribution in [3.63, 3.8) is 0 Å². The zero-order valence-electron chi connectivity index (χ0n) is 37.2. The van der Waals surface area contributed by atoms with Gasteiger partial charge in [-0.05, 0) is 25.3 Å². The molecular weight excluding hydrogens is 693 g/mol. The van der Waals surface area contributed by atoms with Crippen molar-refractivity contribution < 1.29 is 19.1 Å². The predicted octanol–water partition coefficient (Wildman–Crippen LogP) is 14.1. The zero-order chi connectivity index (χ0) is 40.6. The Morgan fingerprint density at radius 2 is 0.732 bits per heavy atom. The van der Waals surface area contributed by atoms with E-state index in [1.807, 2.05) is 30.3 Å². The average Bonchev–Trinajstić information content (AvgIpc) is 3.17. The maximum Gasteiger partial charge on any atom is 0.310 e. The van der Waals surface area contributed by atoms with Crippen LogP contribution in [0.3, 0.4) is 0 Å². The van der Waals surface area contributed by atoms with Crippen LogP contribution >= 0.6 is 0 Å². The van der Waals surface area contributed by atoms with Gasteiger partial charge in [0.1, 0.15) is 5.60 Å². The third kappa shape index (κ3) is 33.7. The minimum Gasteiger partial charge on any atom is -0.458 e. The molecule has 0 unspecified atom stereocenters. The van der Waals surface area contributed by atoms with E-state index in [4.69, 9.17) is 4.74 Å². The molecular formula is C50H90N2O4. The Kier molecular flexibility index (Phi) is 35.2. The topological polar surface area (TPSA) is 84.5 Å². The molecule has 0 aromatic heterocycles. The van der Waals surface area contributed by atoms with Gasteiger partial charge >= 0.3 is 5.97 Å². The van der Waals surface area contributed by atoms with E-state index in [0.29, 0.717) is 13.1 Å². The van der Waals surface area contributed by atoms with Crippen LogP contribution in [-0.4, -0.2) is 36.5 Å². The Bertz CT molecular complexity index is 993. The fraction of sp³-hybridized carbons (Fsp3) is 0.820. The SMILES string of the molecule is CCCCCCCCCCCCCCCCCCNC(=O)CC(C)(CC(=O)NCCCCCCCCCCCCCCCCCC)OC(=O)Cc1ccccc1. The molecule has 0 aliphatic carbocycles. The number of nitrogens with one attached hydrogen (secondary N) is 2. The van der Waals surface area contributed by atoms with Gasteiger partial charge < -0.3 is 15.4 Å². The highest BCUT2D eigenvalue weighted by Crippen LogP contribution is 2.22. The summed E-state index contributed by atoms with van der Waals surface area (Å²) >= 11 is 0. The van der Waals surface area contributed by atoms with E-state index in [2.05, 4.69) is 24.5 Å². The van der Waals surface area contributed by atoms with E-state index in [9.17, 15) is 14.4 Å². The summed E-state index contributed by atoms with van der Waals surface area (Å²) in [6.45, 7) is 7.49. The highest BCUT2D eigenvalue weighted by molar-refractivity contribution is 5.82. The molecule has 0 saturated heterocycles. The summed E-state index contributed by atoms with van der Waals surface area (Å²) in [7, 11) is 0. The Hall–Kier alpha value is -2.37. The predicted molar refractivity (Wildman–Crippen MR) is 239 cm³/mol. The number of benzene rings is 1. The lowest BCUT2D eigenvalue weighted by Crippen LogP contribution is -2.43. The second kappa shape index (κ2) is 38.2. The summed E-state index contributed by atoms with van der Waals surface area (Å²) < 4.78 is 5.90. The number of hydrogen-bond acceptors (Lipinski definition) is 4. The lowest BCUT2D eigenvalue weighted by molar-refractivity contribution is -0.161. The summed E-state index contributed by atoms with van der Waals surface area (Å²) in [6.07, 6.45) is 42.1. The summed E-state index contributed by atoms with van der Waals surface area (Å²) in [4.78, 5) is 39.0. The number of carbonyl (C=O) groups excluding carboxylic acids is 3. The van der Waals surface area contributed by atoms with Crippen molar-refractivity contribution in [3.8, 4) is 0 Å². The Balaban J connectivity index is 2.23. The molecule has 1 aromatic carbocycles. The minimum atomic E-state index is -1.21. The second-order valence-electron chi connectivity index (χ2n) is 17.2. The maximum atomic E-state index is 13.0. The van der Waals surface area contributed by atoms with Gasteiger partial charge in [-0.1, -0.05) is 237 Å². The highest BCUT2D eigenvalue weighted by atomic mass is 16.6. The van der Waals surface area contributed by atoms with E-state index in [1.165, 1.54) is 180 Å². The van der Waals surface area contributed by atoms with Crippen LogP contribution in [0.15, 0.2) is 30.3 Å². The van der Waals surface area contributed by atoms with Gasteiger partial charge in [-0.25, -0.2) is 0 Å². The largest absolute Gasteiger partial charge is 0.458 e. The van der Waals surface area contributed by atoms with E-state index >= 15 is 0 Å². The summed E-state index contributed by atoms with van der Waals surface area (Å²) in [6, 6.07) is 9.45. The molecule has 56 heavy (non-hydrogen) atoms. The van der Waals surface area contributed by atoms with Gasteiger partial charge in [0, 0.05) is 13.1 Å². The fourth-order valence-corrected chi connectivity index (χ4v) is 7.81. The first kappa shape index (κ1) is 51.6. The second-order valence-corrected chi connectivity index (χ2v) is 17.2.